The van der Waals surface area contributed by atoms with Crippen LogP contribution in [0.4, 0.5) is 0 Å². The third-order valence-corrected chi connectivity index (χ3v) is 2.43. The van der Waals surface area contributed by atoms with Crippen LogP contribution in [0.15, 0.2) is 43.5 Å². The number of carbonyl (C=O) groups excluding carboxylic acids is 1. The van der Waals surface area contributed by atoms with Gasteiger partial charge in [0.15, 0.2) is 0 Å². The summed E-state index contributed by atoms with van der Waals surface area (Å²) in [5.41, 5.74) is 2.97. The summed E-state index contributed by atoms with van der Waals surface area (Å²) in [4.78, 5) is 15.2. The summed E-state index contributed by atoms with van der Waals surface area (Å²) in [6.45, 7) is 5.28. The Morgan fingerprint density at radius 1 is 1.38 bits per heavy atom. The summed E-state index contributed by atoms with van der Waals surface area (Å²) in [7, 11) is 0. The highest BCUT2D eigenvalue weighted by Gasteiger charge is 2.08. The van der Waals surface area contributed by atoms with Crippen molar-refractivity contribution in [2.24, 2.45) is 0 Å². The molecule has 0 fully saturated rings. The zero-order chi connectivity index (χ0) is 11.5. The van der Waals surface area contributed by atoms with E-state index in [0.717, 1.165) is 16.7 Å². The predicted molar refractivity (Wildman–Crippen MR) is 64.1 cm³/mol. The van der Waals surface area contributed by atoms with Gasteiger partial charge in [-0.05, 0) is 23.3 Å². The molecule has 0 saturated carbocycles. The van der Waals surface area contributed by atoms with Gasteiger partial charge in [-0.3, -0.25) is 14.3 Å². The van der Waals surface area contributed by atoms with Crippen molar-refractivity contribution in [3.8, 4) is 11.1 Å². The number of carbonyl (C=O) groups is 1. The molecule has 0 unspecified atom stereocenters. The molecule has 0 bridgehead atoms. The van der Waals surface area contributed by atoms with Crippen LogP contribution in [-0.4, -0.2) is 15.5 Å². The summed E-state index contributed by atoms with van der Waals surface area (Å²) >= 11 is 0. The van der Waals surface area contributed by atoms with E-state index in [2.05, 4.69) is 11.6 Å². The topological polar surface area (TPSA) is 34.9 Å². The van der Waals surface area contributed by atoms with Crippen molar-refractivity contribution in [1.29, 1.82) is 0 Å². The van der Waals surface area contributed by atoms with Crippen LogP contribution in [0.3, 0.4) is 0 Å². The summed E-state index contributed by atoms with van der Waals surface area (Å²) in [6, 6.07) is 3.82. The maximum atomic E-state index is 11.3. The summed E-state index contributed by atoms with van der Waals surface area (Å²) < 4.78 is 1.56. The predicted octanol–water partition coefficient (Wildman–Crippen LogP) is 2.85. The van der Waals surface area contributed by atoms with E-state index in [9.17, 15) is 4.79 Å². The average Bonchev–Trinajstić information content (AvgIpc) is 2.74. The molecule has 0 atom stereocenters. The number of rotatable bonds is 2. The van der Waals surface area contributed by atoms with Crippen LogP contribution in [0.25, 0.3) is 17.2 Å². The van der Waals surface area contributed by atoms with Crippen molar-refractivity contribution in [1.82, 2.24) is 9.55 Å². The molecule has 0 aromatic carbocycles. The molecule has 0 aliphatic heterocycles. The fourth-order valence-electron chi connectivity index (χ4n) is 1.59. The van der Waals surface area contributed by atoms with E-state index in [-0.39, 0.29) is 5.91 Å². The van der Waals surface area contributed by atoms with Gasteiger partial charge in [0.25, 0.3) is 0 Å². The van der Waals surface area contributed by atoms with Gasteiger partial charge in [-0.1, -0.05) is 12.7 Å². The van der Waals surface area contributed by atoms with E-state index < -0.39 is 0 Å². The van der Waals surface area contributed by atoms with E-state index in [1.54, 1.807) is 29.2 Å². The SMILES string of the molecule is C=Cc1cn(C(C)=O)cc1-c1ccncc1. The molecule has 80 valence electrons. The van der Waals surface area contributed by atoms with Gasteiger partial charge in [-0.2, -0.15) is 0 Å². The van der Waals surface area contributed by atoms with Gasteiger partial charge in [0.1, 0.15) is 0 Å². The second-order valence-corrected chi connectivity index (χ2v) is 3.49. The molecule has 2 heterocycles. The van der Waals surface area contributed by atoms with Gasteiger partial charge < -0.3 is 0 Å². The van der Waals surface area contributed by atoms with Crippen LogP contribution in [0.1, 0.15) is 17.3 Å². The van der Waals surface area contributed by atoms with Crippen molar-refractivity contribution in [3.63, 3.8) is 0 Å². The largest absolute Gasteiger partial charge is 0.294 e. The average molecular weight is 212 g/mol. The number of hydrogen-bond donors (Lipinski definition) is 0. The number of aromatic nitrogens is 2. The second kappa shape index (κ2) is 4.14. The standard InChI is InChI=1S/C13H12N2O/c1-3-11-8-15(10(2)16)9-13(11)12-4-6-14-7-5-12/h3-9H,1H2,2H3. The van der Waals surface area contributed by atoms with Gasteiger partial charge in [0, 0.05) is 37.3 Å². The van der Waals surface area contributed by atoms with E-state index >= 15 is 0 Å². The molecule has 0 spiro atoms. The smallest absolute Gasteiger partial charge is 0.227 e. The van der Waals surface area contributed by atoms with Crippen molar-refractivity contribution >= 4 is 12.0 Å². The van der Waals surface area contributed by atoms with Crippen molar-refractivity contribution in [2.75, 3.05) is 0 Å². The fourth-order valence-corrected chi connectivity index (χ4v) is 1.59. The Balaban J connectivity index is 2.56. The first kappa shape index (κ1) is 10.4. The zero-order valence-corrected chi connectivity index (χ0v) is 9.05. The molecule has 0 saturated heterocycles. The first-order valence-electron chi connectivity index (χ1n) is 4.98. The molecular formula is C13H12N2O. The molecule has 0 N–H and O–H groups in total. The molecule has 16 heavy (non-hydrogen) atoms. The Bertz CT molecular complexity index is 526. The molecule has 0 amide bonds. The Labute approximate surface area is 94.1 Å². The van der Waals surface area contributed by atoms with Crippen molar-refractivity contribution in [3.05, 3.63) is 49.1 Å². The summed E-state index contributed by atoms with van der Waals surface area (Å²) in [6.07, 6.45) is 8.80. The van der Waals surface area contributed by atoms with E-state index in [0.29, 0.717) is 0 Å². The minimum absolute atomic E-state index is 0.0107. The lowest BCUT2D eigenvalue weighted by atomic mass is 10.1. The maximum absolute atomic E-state index is 11.3. The van der Waals surface area contributed by atoms with Gasteiger partial charge in [0.2, 0.25) is 5.91 Å². The highest BCUT2D eigenvalue weighted by atomic mass is 16.1. The molecule has 2 aromatic heterocycles. The molecule has 0 aliphatic carbocycles. The van der Waals surface area contributed by atoms with Gasteiger partial charge in [-0.15, -0.1) is 0 Å². The Morgan fingerprint density at radius 3 is 2.62 bits per heavy atom. The summed E-state index contributed by atoms with van der Waals surface area (Å²) in [5.74, 6) is -0.0107. The van der Waals surface area contributed by atoms with E-state index in [1.807, 2.05) is 18.3 Å². The Kier molecular flexibility index (Phi) is 2.68. The number of nitrogens with zero attached hydrogens (tertiary/aromatic N) is 2. The molecule has 2 aromatic rings. The van der Waals surface area contributed by atoms with Crippen molar-refractivity contribution in [2.45, 2.75) is 6.92 Å². The van der Waals surface area contributed by atoms with E-state index in [1.165, 1.54) is 6.92 Å². The van der Waals surface area contributed by atoms with Crippen LogP contribution in [0, 0.1) is 0 Å². The fraction of sp³-hybridized carbons (Fsp3) is 0.0769. The van der Waals surface area contributed by atoms with Crippen LogP contribution in [0.5, 0.6) is 0 Å². The normalized spacial score (nSPS) is 10.1. The minimum atomic E-state index is -0.0107. The lowest BCUT2D eigenvalue weighted by Crippen LogP contribution is -2.00. The van der Waals surface area contributed by atoms with E-state index in [4.69, 9.17) is 0 Å². The maximum Gasteiger partial charge on any atom is 0.227 e. The second-order valence-electron chi connectivity index (χ2n) is 3.49. The first-order valence-corrected chi connectivity index (χ1v) is 4.98. The third kappa shape index (κ3) is 1.80. The first-order chi connectivity index (χ1) is 7.72. The lowest BCUT2D eigenvalue weighted by molar-refractivity contribution is 0.0937. The van der Waals surface area contributed by atoms with Gasteiger partial charge in [0.05, 0.1) is 0 Å². The Morgan fingerprint density at radius 2 is 2.06 bits per heavy atom. The Hall–Kier alpha value is -2.16. The lowest BCUT2D eigenvalue weighted by Gasteiger charge is -1.98. The highest BCUT2D eigenvalue weighted by Crippen LogP contribution is 2.24. The summed E-state index contributed by atoms with van der Waals surface area (Å²) in [5, 5.41) is 0. The van der Waals surface area contributed by atoms with Crippen LogP contribution >= 0.6 is 0 Å². The van der Waals surface area contributed by atoms with Crippen LogP contribution in [-0.2, 0) is 0 Å². The van der Waals surface area contributed by atoms with Crippen LogP contribution in [0.2, 0.25) is 0 Å². The quantitative estimate of drug-likeness (QED) is 0.767. The monoisotopic (exact) mass is 212 g/mol. The van der Waals surface area contributed by atoms with Gasteiger partial charge in [-0.25, -0.2) is 0 Å². The zero-order valence-electron chi connectivity index (χ0n) is 9.05. The van der Waals surface area contributed by atoms with Gasteiger partial charge >= 0.3 is 0 Å². The van der Waals surface area contributed by atoms with Crippen molar-refractivity contribution < 1.29 is 4.79 Å². The number of pyridine rings is 1. The molecule has 0 radical (unpaired) electrons. The molecule has 0 aliphatic rings. The number of hydrogen-bond acceptors (Lipinski definition) is 2. The molecule has 2 rings (SSSR count). The van der Waals surface area contributed by atoms with Crippen LogP contribution < -0.4 is 0 Å². The molecular weight excluding hydrogens is 200 g/mol. The molecule has 3 nitrogen and oxygen atoms in total. The third-order valence-electron chi connectivity index (χ3n) is 2.43. The molecule has 3 heteroatoms. The minimum Gasteiger partial charge on any atom is -0.294 e. The highest BCUT2D eigenvalue weighted by molar-refractivity contribution is 5.82.